The monoisotopic (exact) mass is 266 g/mol. The van der Waals surface area contributed by atoms with Crippen molar-refractivity contribution in [3.63, 3.8) is 0 Å². The zero-order chi connectivity index (χ0) is 14.3. The molecule has 0 spiro atoms. The lowest BCUT2D eigenvalue weighted by Gasteiger charge is -2.11. The van der Waals surface area contributed by atoms with Crippen molar-refractivity contribution in [2.24, 2.45) is 0 Å². The summed E-state index contributed by atoms with van der Waals surface area (Å²) in [6.45, 7) is 6.43. The maximum atomic E-state index is 11.8. The molecule has 0 unspecified atom stereocenters. The van der Waals surface area contributed by atoms with Crippen molar-refractivity contribution < 1.29 is 23.8 Å². The molecule has 1 aromatic carbocycles. The molecule has 19 heavy (non-hydrogen) atoms. The first kappa shape index (κ1) is 15.0. The summed E-state index contributed by atoms with van der Waals surface area (Å²) in [4.78, 5) is 23.2. The minimum Gasteiger partial charge on any atom is -0.490 e. The smallest absolute Gasteiger partial charge is 0.379 e. The highest BCUT2D eigenvalue weighted by atomic mass is 16.5. The molecular weight excluding hydrogens is 248 g/mol. The summed E-state index contributed by atoms with van der Waals surface area (Å²) in [6.07, 6.45) is 0. The summed E-state index contributed by atoms with van der Waals surface area (Å²) < 4.78 is 15.4. The topological polar surface area (TPSA) is 61.8 Å². The first-order chi connectivity index (χ1) is 9.13. The van der Waals surface area contributed by atoms with E-state index >= 15 is 0 Å². The van der Waals surface area contributed by atoms with E-state index < -0.39 is 11.8 Å². The number of ketones is 1. The second-order valence-corrected chi connectivity index (χ2v) is 3.58. The molecule has 0 aromatic heterocycles. The second-order valence-electron chi connectivity index (χ2n) is 3.58. The number of hydrogen-bond acceptors (Lipinski definition) is 5. The Morgan fingerprint density at radius 2 is 1.58 bits per heavy atom. The van der Waals surface area contributed by atoms with Crippen LogP contribution in [0.15, 0.2) is 18.2 Å². The number of hydrogen-bond donors (Lipinski definition) is 0. The Labute approximate surface area is 112 Å². The molecule has 104 valence electrons. The third kappa shape index (κ3) is 3.98. The number of esters is 1. The fourth-order valence-electron chi connectivity index (χ4n) is 1.51. The van der Waals surface area contributed by atoms with Crippen molar-refractivity contribution >= 4 is 11.8 Å². The lowest BCUT2D eigenvalue weighted by molar-refractivity contribution is -0.137. The predicted molar refractivity (Wildman–Crippen MR) is 69.7 cm³/mol. The van der Waals surface area contributed by atoms with Crippen LogP contribution in [0.5, 0.6) is 11.5 Å². The summed E-state index contributed by atoms with van der Waals surface area (Å²) in [6, 6.07) is 4.63. The first-order valence-electron chi connectivity index (χ1n) is 6.25. The standard InChI is InChI=1S/C14H18O5/c1-4-17-11-8-7-10(9-12(11)18-5-2)13(15)14(16)19-6-3/h7-9H,4-6H2,1-3H3. The van der Waals surface area contributed by atoms with Gasteiger partial charge in [-0.1, -0.05) is 0 Å². The van der Waals surface area contributed by atoms with Crippen LogP contribution in [0.2, 0.25) is 0 Å². The summed E-state index contributed by atoms with van der Waals surface area (Å²) in [5, 5.41) is 0. The normalized spacial score (nSPS) is 9.84. The van der Waals surface area contributed by atoms with Gasteiger partial charge in [-0.25, -0.2) is 4.79 Å². The number of Topliss-reactive ketones (excluding diaryl/α,β-unsaturated/α-hetero) is 1. The molecule has 0 amide bonds. The quantitative estimate of drug-likeness (QED) is 0.430. The van der Waals surface area contributed by atoms with E-state index in [2.05, 4.69) is 4.74 Å². The van der Waals surface area contributed by atoms with Crippen molar-refractivity contribution in [2.45, 2.75) is 20.8 Å². The van der Waals surface area contributed by atoms with Crippen LogP contribution in [-0.2, 0) is 9.53 Å². The molecule has 0 bridgehead atoms. The number of ether oxygens (including phenoxy) is 3. The minimum absolute atomic E-state index is 0.167. The molecule has 0 saturated carbocycles. The average molecular weight is 266 g/mol. The van der Waals surface area contributed by atoms with Crippen molar-refractivity contribution in [3.8, 4) is 11.5 Å². The fraction of sp³-hybridized carbons (Fsp3) is 0.429. The predicted octanol–water partition coefficient (Wildman–Crippen LogP) is 2.23. The van der Waals surface area contributed by atoms with Gasteiger partial charge in [0.25, 0.3) is 5.78 Å². The molecule has 5 heteroatoms. The minimum atomic E-state index is -0.867. The van der Waals surface area contributed by atoms with Crippen LogP contribution in [0.25, 0.3) is 0 Å². The van der Waals surface area contributed by atoms with E-state index in [0.29, 0.717) is 24.7 Å². The van der Waals surface area contributed by atoms with Gasteiger partial charge in [-0.3, -0.25) is 4.79 Å². The molecule has 0 radical (unpaired) electrons. The Balaban J connectivity index is 3.00. The molecule has 0 saturated heterocycles. The summed E-state index contributed by atoms with van der Waals surface area (Å²) in [7, 11) is 0. The Hall–Kier alpha value is -2.04. The first-order valence-corrected chi connectivity index (χ1v) is 6.25. The van der Waals surface area contributed by atoms with Crippen LogP contribution < -0.4 is 9.47 Å². The second kappa shape index (κ2) is 7.41. The van der Waals surface area contributed by atoms with Gasteiger partial charge >= 0.3 is 5.97 Å². The summed E-state index contributed by atoms with van der Waals surface area (Å²) in [5.74, 6) is -0.566. The Morgan fingerprint density at radius 3 is 2.16 bits per heavy atom. The van der Waals surface area contributed by atoms with Gasteiger partial charge in [0, 0.05) is 5.56 Å². The van der Waals surface area contributed by atoms with Crippen molar-refractivity contribution in [3.05, 3.63) is 23.8 Å². The molecule has 0 aliphatic rings. The molecule has 0 N–H and O–H groups in total. The van der Waals surface area contributed by atoms with Crippen LogP contribution >= 0.6 is 0 Å². The Morgan fingerprint density at radius 1 is 0.947 bits per heavy atom. The lowest BCUT2D eigenvalue weighted by atomic mass is 10.1. The zero-order valence-corrected chi connectivity index (χ0v) is 11.4. The SMILES string of the molecule is CCOC(=O)C(=O)c1ccc(OCC)c(OCC)c1. The Kier molecular flexibility index (Phi) is 5.85. The van der Waals surface area contributed by atoms with Gasteiger partial charge in [0.2, 0.25) is 0 Å². The third-order valence-corrected chi connectivity index (χ3v) is 2.27. The molecule has 1 aromatic rings. The van der Waals surface area contributed by atoms with E-state index in [1.54, 1.807) is 13.0 Å². The number of benzene rings is 1. The van der Waals surface area contributed by atoms with E-state index in [1.807, 2.05) is 13.8 Å². The summed E-state index contributed by atoms with van der Waals surface area (Å²) in [5.41, 5.74) is 0.227. The van der Waals surface area contributed by atoms with Crippen molar-refractivity contribution in [1.29, 1.82) is 0 Å². The van der Waals surface area contributed by atoms with Gasteiger partial charge in [-0.2, -0.15) is 0 Å². The molecule has 5 nitrogen and oxygen atoms in total. The molecule has 0 fully saturated rings. The number of carbonyl (C=O) groups excluding carboxylic acids is 2. The van der Waals surface area contributed by atoms with Crippen LogP contribution in [0.1, 0.15) is 31.1 Å². The van der Waals surface area contributed by atoms with Crippen LogP contribution in [0.4, 0.5) is 0 Å². The van der Waals surface area contributed by atoms with Crippen LogP contribution in [0.3, 0.4) is 0 Å². The van der Waals surface area contributed by atoms with Gasteiger partial charge in [-0.05, 0) is 39.0 Å². The largest absolute Gasteiger partial charge is 0.490 e. The molecule has 0 heterocycles. The molecule has 1 rings (SSSR count). The molecule has 0 aliphatic carbocycles. The van der Waals surface area contributed by atoms with Crippen molar-refractivity contribution in [1.82, 2.24) is 0 Å². The van der Waals surface area contributed by atoms with E-state index in [4.69, 9.17) is 9.47 Å². The van der Waals surface area contributed by atoms with E-state index in [1.165, 1.54) is 12.1 Å². The van der Waals surface area contributed by atoms with Crippen molar-refractivity contribution in [2.75, 3.05) is 19.8 Å². The van der Waals surface area contributed by atoms with Gasteiger partial charge in [0.05, 0.1) is 19.8 Å². The van der Waals surface area contributed by atoms with E-state index in [9.17, 15) is 9.59 Å². The zero-order valence-electron chi connectivity index (χ0n) is 11.4. The van der Waals surface area contributed by atoms with E-state index in [-0.39, 0.29) is 12.2 Å². The summed E-state index contributed by atoms with van der Waals surface area (Å²) >= 11 is 0. The Bertz CT molecular complexity index is 453. The third-order valence-electron chi connectivity index (χ3n) is 2.27. The lowest BCUT2D eigenvalue weighted by Crippen LogP contribution is -2.17. The molecule has 0 aliphatic heterocycles. The molecule has 0 atom stereocenters. The highest BCUT2D eigenvalue weighted by Crippen LogP contribution is 2.28. The molecular formula is C14H18O5. The van der Waals surface area contributed by atoms with Crippen LogP contribution in [-0.4, -0.2) is 31.6 Å². The van der Waals surface area contributed by atoms with Gasteiger partial charge < -0.3 is 14.2 Å². The van der Waals surface area contributed by atoms with E-state index in [0.717, 1.165) is 0 Å². The number of rotatable bonds is 7. The van der Waals surface area contributed by atoms with Gasteiger partial charge in [-0.15, -0.1) is 0 Å². The van der Waals surface area contributed by atoms with Gasteiger partial charge in [0.1, 0.15) is 0 Å². The average Bonchev–Trinajstić information content (AvgIpc) is 2.40. The van der Waals surface area contributed by atoms with Gasteiger partial charge in [0.15, 0.2) is 11.5 Å². The highest BCUT2D eigenvalue weighted by molar-refractivity contribution is 6.40. The highest BCUT2D eigenvalue weighted by Gasteiger charge is 2.19. The fourth-order valence-corrected chi connectivity index (χ4v) is 1.51. The van der Waals surface area contributed by atoms with Crippen LogP contribution in [0, 0.1) is 0 Å². The maximum absolute atomic E-state index is 11.8. The number of carbonyl (C=O) groups is 2. The maximum Gasteiger partial charge on any atom is 0.379 e.